The van der Waals surface area contributed by atoms with Crippen LogP contribution in [0.15, 0.2) is 41.2 Å². The first kappa shape index (κ1) is 18.7. The van der Waals surface area contributed by atoms with Gasteiger partial charge in [0.25, 0.3) is 5.56 Å². The molecule has 27 heavy (non-hydrogen) atoms. The standard InChI is InChI=1S/C20H19ClN2O4/c1-12-16(20(24)23(22-12)15-7-5-14(21)6-8-15)9-13-10-18(26-3)19(27-4)11-17(13)25-2/h5-11,22H,1H2,2-4H3/b16-9+. The van der Waals surface area contributed by atoms with E-state index in [0.717, 1.165) is 0 Å². The van der Waals surface area contributed by atoms with Gasteiger partial charge in [0.05, 0.1) is 37.6 Å². The van der Waals surface area contributed by atoms with Crippen molar-refractivity contribution >= 4 is 24.3 Å². The fraction of sp³-hybridized carbons (Fsp3) is 0.150. The lowest BCUT2D eigenvalue weighted by atomic mass is 10.1. The predicted octanol–water partition coefficient (Wildman–Crippen LogP) is 2.08. The second-order valence-electron chi connectivity index (χ2n) is 5.71. The molecule has 0 aliphatic rings. The minimum absolute atomic E-state index is 0.237. The molecule has 140 valence electrons. The summed E-state index contributed by atoms with van der Waals surface area (Å²) in [6.07, 6.45) is 1.70. The largest absolute Gasteiger partial charge is 0.496 e. The fourth-order valence-corrected chi connectivity index (χ4v) is 2.86. The summed E-state index contributed by atoms with van der Waals surface area (Å²) < 4.78 is 17.5. The van der Waals surface area contributed by atoms with Gasteiger partial charge in [-0.2, -0.15) is 0 Å². The van der Waals surface area contributed by atoms with Crippen molar-refractivity contribution in [2.45, 2.75) is 0 Å². The molecule has 0 fully saturated rings. The van der Waals surface area contributed by atoms with Crippen LogP contribution in [0.1, 0.15) is 5.56 Å². The average molecular weight is 387 g/mol. The van der Waals surface area contributed by atoms with Crippen molar-refractivity contribution in [3.63, 3.8) is 0 Å². The third kappa shape index (κ3) is 3.57. The van der Waals surface area contributed by atoms with Gasteiger partial charge in [-0.3, -0.25) is 9.89 Å². The van der Waals surface area contributed by atoms with E-state index in [1.54, 1.807) is 63.8 Å². The van der Waals surface area contributed by atoms with Crippen LogP contribution in [0.25, 0.3) is 18.3 Å². The van der Waals surface area contributed by atoms with E-state index in [2.05, 4.69) is 11.7 Å². The smallest absolute Gasteiger partial charge is 0.279 e. The molecule has 0 radical (unpaired) electrons. The van der Waals surface area contributed by atoms with Crippen LogP contribution in [0.3, 0.4) is 0 Å². The number of hydrogen-bond acceptors (Lipinski definition) is 4. The van der Waals surface area contributed by atoms with E-state index in [-0.39, 0.29) is 5.56 Å². The molecule has 1 aromatic heterocycles. The van der Waals surface area contributed by atoms with E-state index in [1.165, 1.54) is 4.68 Å². The zero-order chi connectivity index (χ0) is 19.6. The number of nitrogens with zero attached hydrogens (tertiary/aromatic N) is 1. The summed E-state index contributed by atoms with van der Waals surface area (Å²) in [5, 5.41) is 4.46. The van der Waals surface area contributed by atoms with Crippen LogP contribution >= 0.6 is 11.6 Å². The molecule has 1 N–H and O–H groups in total. The first-order chi connectivity index (χ1) is 13.0. The molecule has 0 unspecified atom stereocenters. The summed E-state index contributed by atoms with van der Waals surface area (Å²) in [6.45, 7) is 3.94. The number of ether oxygens (including phenoxy) is 3. The zero-order valence-corrected chi connectivity index (χ0v) is 16.0. The second-order valence-corrected chi connectivity index (χ2v) is 6.15. The van der Waals surface area contributed by atoms with Gasteiger partial charge in [0.15, 0.2) is 11.5 Å². The van der Waals surface area contributed by atoms with E-state index in [4.69, 9.17) is 25.8 Å². The molecule has 3 rings (SSSR count). The van der Waals surface area contributed by atoms with Gasteiger partial charge in [-0.25, -0.2) is 4.68 Å². The van der Waals surface area contributed by atoms with Gasteiger partial charge >= 0.3 is 0 Å². The number of benzene rings is 2. The summed E-state index contributed by atoms with van der Waals surface area (Å²) in [6, 6.07) is 10.4. The Morgan fingerprint density at radius 1 is 1.00 bits per heavy atom. The van der Waals surface area contributed by atoms with Gasteiger partial charge in [0, 0.05) is 16.7 Å². The summed E-state index contributed by atoms with van der Waals surface area (Å²) in [7, 11) is 4.64. The van der Waals surface area contributed by atoms with E-state index >= 15 is 0 Å². The fourth-order valence-electron chi connectivity index (χ4n) is 2.74. The Kier molecular flexibility index (Phi) is 5.28. The first-order valence-corrected chi connectivity index (χ1v) is 8.44. The van der Waals surface area contributed by atoms with E-state index < -0.39 is 0 Å². The maximum Gasteiger partial charge on any atom is 0.279 e. The second kappa shape index (κ2) is 7.63. The van der Waals surface area contributed by atoms with Crippen molar-refractivity contribution in [3.05, 3.63) is 67.9 Å². The Hall–Kier alpha value is -3.12. The summed E-state index contributed by atoms with van der Waals surface area (Å²) in [5.41, 5.74) is 1.09. The van der Waals surface area contributed by atoms with Gasteiger partial charge in [0.2, 0.25) is 0 Å². The third-order valence-corrected chi connectivity index (χ3v) is 4.38. The van der Waals surface area contributed by atoms with Crippen molar-refractivity contribution < 1.29 is 14.2 Å². The Morgan fingerprint density at radius 3 is 2.19 bits per heavy atom. The Balaban J connectivity index is 2.20. The molecule has 0 saturated heterocycles. The summed E-state index contributed by atoms with van der Waals surface area (Å²) >= 11 is 5.92. The Labute approximate surface area is 160 Å². The molecule has 0 aliphatic heterocycles. The van der Waals surface area contributed by atoms with Crippen molar-refractivity contribution in [2.24, 2.45) is 0 Å². The minimum atomic E-state index is -0.237. The minimum Gasteiger partial charge on any atom is -0.496 e. The van der Waals surface area contributed by atoms with Gasteiger partial charge < -0.3 is 14.2 Å². The van der Waals surface area contributed by atoms with Crippen LogP contribution in [-0.2, 0) is 0 Å². The number of methoxy groups -OCH3 is 3. The molecular weight excluding hydrogens is 368 g/mol. The molecule has 0 amide bonds. The van der Waals surface area contributed by atoms with Crippen LogP contribution in [-0.4, -0.2) is 31.1 Å². The highest BCUT2D eigenvalue weighted by Gasteiger charge is 2.12. The Bertz CT molecular complexity index is 1130. The number of H-pyrrole nitrogens is 1. The van der Waals surface area contributed by atoms with Crippen molar-refractivity contribution in [1.82, 2.24) is 9.78 Å². The molecule has 1 heterocycles. The van der Waals surface area contributed by atoms with Crippen molar-refractivity contribution in [2.75, 3.05) is 21.3 Å². The lowest BCUT2D eigenvalue weighted by Gasteiger charge is -2.11. The van der Waals surface area contributed by atoms with Crippen molar-refractivity contribution in [1.29, 1.82) is 0 Å². The molecule has 3 aromatic rings. The van der Waals surface area contributed by atoms with E-state index in [1.807, 2.05) is 0 Å². The highest BCUT2D eigenvalue weighted by atomic mass is 35.5. The SMILES string of the molecule is C=c1[nH]n(-c2ccc(Cl)cc2)c(=O)/c1=C/c1cc(OC)c(OC)cc1OC. The lowest BCUT2D eigenvalue weighted by molar-refractivity contribution is 0.348. The highest BCUT2D eigenvalue weighted by Crippen LogP contribution is 2.34. The van der Waals surface area contributed by atoms with Gasteiger partial charge in [0.1, 0.15) is 5.75 Å². The summed E-state index contributed by atoms with van der Waals surface area (Å²) in [4.78, 5) is 12.9. The molecule has 0 aliphatic carbocycles. The quantitative estimate of drug-likeness (QED) is 0.729. The maximum absolute atomic E-state index is 12.9. The van der Waals surface area contributed by atoms with Crippen LogP contribution in [0.5, 0.6) is 17.2 Å². The van der Waals surface area contributed by atoms with Gasteiger partial charge in [-0.15, -0.1) is 0 Å². The number of nitrogens with one attached hydrogen (secondary N) is 1. The summed E-state index contributed by atoms with van der Waals surface area (Å²) in [5.74, 6) is 1.61. The molecule has 0 bridgehead atoms. The van der Waals surface area contributed by atoms with E-state index in [0.29, 0.717) is 44.1 Å². The number of halogens is 1. The van der Waals surface area contributed by atoms with Crippen LogP contribution < -0.4 is 30.3 Å². The van der Waals surface area contributed by atoms with Crippen LogP contribution in [0.4, 0.5) is 0 Å². The molecule has 0 spiro atoms. The first-order valence-electron chi connectivity index (χ1n) is 8.06. The predicted molar refractivity (Wildman–Crippen MR) is 106 cm³/mol. The van der Waals surface area contributed by atoms with E-state index in [9.17, 15) is 4.79 Å². The normalized spacial score (nSPS) is 11.5. The zero-order valence-electron chi connectivity index (χ0n) is 15.2. The topological polar surface area (TPSA) is 65.5 Å². The average Bonchev–Trinajstić information content (AvgIpc) is 2.96. The van der Waals surface area contributed by atoms with Gasteiger partial charge in [-0.05, 0) is 36.4 Å². The molecule has 0 atom stereocenters. The molecule has 7 heteroatoms. The Morgan fingerprint density at radius 2 is 1.59 bits per heavy atom. The van der Waals surface area contributed by atoms with Crippen LogP contribution in [0, 0.1) is 0 Å². The van der Waals surface area contributed by atoms with Gasteiger partial charge in [-0.1, -0.05) is 18.2 Å². The molecule has 2 aromatic carbocycles. The molecule has 0 saturated carbocycles. The maximum atomic E-state index is 12.9. The highest BCUT2D eigenvalue weighted by molar-refractivity contribution is 6.30. The third-order valence-electron chi connectivity index (χ3n) is 4.13. The molecule has 6 nitrogen and oxygen atoms in total. The number of rotatable bonds is 5. The number of aromatic nitrogens is 2. The molecular formula is C20H19ClN2O4. The van der Waals surface area contributed by atoms with Crippen LogP contribution in [0.2, 0.25) is 5.02 Å². The van der Waals surface area contributed by atoms with Crippen molar-refractivity contribution in [3.8, 4) is 22.9 Å². The monoisotopic (exact) mass is 386 g/mol. The number of aromatic amines is 1. The number of hydrogen-bond donors (Lipinski definition) is 1. The lowest BCUT2D eigenvalue weighted by Crippen LogP contribution is -2.34.